The molecule has 0 unspecified atom stereocenters. The molecular formula is C20H21FN4O. The number of hydrogen-bond donors (Lipinski definition) is 0. The Balaban J connectivity index is 1.79. The van der Waals surface area contributed by atoms with E-state index in [-0.39, 0.29) is 5.91 Å². The molecule has 3 rings (SSSR count). The molecule has 2 heterocycles. The molecule has 0 aliphatic carbocycles. The number of aryl methyl sites for hydroxylation is 2. The Morgan fingerprint density at radius 2 is 2.00 bits per heavy atom. The lowest BCUT2D eigenvalue weighted by atomic mass is 10.1. The van der Waals surface area contributed by atoms with Crippen molar-refractivity contribution in [2.24, 2.45) is 0 Å². The quantitative estimate of drug-likeness (QED) is 0.833. The fourth-order valence-electron chi connectivity index (χ4n) is 3.36. The summed E-state index contributed by atoms with van der Waals surface area (Å²) in [6, 6.07) is 9.97. The minimum absolute atomic E-state index is 0.158. The standard InChI is InChI=1S/C20H21FN4O/c1-14-11-19(18(13-22)15(2)23-14)24-7-4-8-25(10-9-24)20(26)16-5-3-6-17(21)12-16/h3,5-6,11-12H,4,7-10H2,1-2H3. The Morgan fingerprint density at radius 3 is 2.73 bits per heavy atom. The lowest BCUT2D eigenvalue weighted by Crippen LogP contribution is -2.35. The predicted octanol–water partition coefficient (Wildman–Crippen LogP) is 3.06. The molecule has 134 valence electrons. The average molecular weight is 352 g/mol. The minimum Gasteiger partial charge on any atom is -0.369 e. The van der Waals surface area contributed by atoms with Gasteiger partial charge < -0.3 is 9.80 Å². The molecular weight excluding hydrogens is 331 g/mol. The fraction of sp³-hybridized carbons (Fsp3) is 0.350. The molecule has 0 spiro atoms. The molecule has 26 heavy (non-hydrogen) atoms. The number of halogens is 1. The third-order valence-corrected chi connectivity index (χ3v) is 4.61. The van der Waals surface area contributed by atoms with Gasteiger partial charge in [-0.3, -0.25) is 9.78 Å². The van der Waals surface area contributed by atoms with Gasteiger partial charge in [-0.25, -0.2) is 4.39 Å². The average Bonchev–Trinajstić information content (AvgIpc) is 2.86. The molecule has 1 aliphatic rings. The SMILES string of the molecule is Cc1cc(N2CCCN(C(=O)c3cccc(F)c3)CC2)c(C#N)c(C)n1. The van der Waals surface area contributed by atoms with E-state index in [4.69, 9.17) is 0 Å². The van der Waals surface area contributed by atoms with Crippen LogP contribution in [0.1, 0.15) is 33.7 Å². The van der Waals surface area contributed by atoms with Crippen molar-refractivity contribution < 1.29 is 9.18 Å². The maximum atomic E-state index is 13.4. The molecule has 1 aromatic carbocycles. The molecule has 0 atom stereocenters. The van der Waals surface area contributed by atoms with Crippen LogP contribution in [-0.2, 0) is 0 Å². The molecule has 0 N–H and O–H groups in total. The van der Waals surface area contributed by atoms with E-state index in [1.54, 1.807) is 17.0 Å². The number of carbonyl (C=O) groups excluding carboxylic acids is 1. The highest BCUT2D eigenvalue weighted by molar-refractivity contribution is 5.94. The molecule has 1 aliphatic heterocycles. The summed E-state index contributed by atoms with van der Waals surface area (Å²) in [4.78, 5) is 20.9. The van der Waals surface area contributed by atoms with Crippen LogP contribution >= 0.6 is 0 Å². The molecule has 0 bridgehead atoms. The number of amides is 1. The van der Waals surface area contributed by atoms with E-state index in [0.717, 1.165) is 30.0 Å². The van der Waals surface area contributed by atoms with Gasteiger partial charge in [0.1, 0.15) is 11.9 Å². The molecule has 1 aromatic heterocycles. The summed E-state index contributed by atoms with van der Waals surface area (Å²) in [7, 11) is 0. The van der Waals surface area contributed by atoms with Crippen LogP contribution in [0.5, 0.6) is 0 Å². The number of rotatable bonds is 2. The third kappa shape index (κ3) is 3.67. The highest BCUT2D eigenvalue weighted by atomic mass is 19.1. The van der Waals surface area contributed by atoms with Crippen molar-refractivity contribution in [2.45, 2.75) is 20.3 Å². The van der Waals surface area contributed by atoms with E-state index < -0.39 is 5.82 Å². The zero-order valence-corrected chi connectivity index (χ0v) is 15.0. The third-order valence-electron chi connectivity index (χ3n) is 4.61. The second kappa shape index (κ2) is 7.52. The largest absolute Gasteiger partial charge is 0.369 e. The number of benzene rings is 1. The molecule has 5 nitrogen and oxygen atoms in total. The molecule has 6 heteroatoms. The van der Waals surface area contributed by atoms with E-state index in [2.05, 4.69) is 16.0 Å². The topological polar surface area (TPSA) is 60.2 Å². The first kappa shape index (κ1) is 17.9. The number of nitriles is 1. The number of carbonyl (C=O) groups is 1. The van der Waals surface area contributed by atoms with Crippen LogP contribution in [0.25, 0.3) is 0 Å². The summed E-state index contributed by atoms with van der Waals surface area (Å²) < 4.78 is 13.4. The van der Waals surface area contributed by atoms with Crippen LogP contribution < -0.4 is 4.90 Å². The number of pyridine rings is 1. The van der Waals surface area contributed by atoms with Crippen LogP contribution in [0.2, 0.25) is 0 Å². The normalized spacial score (nSPS) is 14.7. The molecule has 1 fully saturated rings. The highest BCUT2D eigenvalue weighted by Crippen LogP contribution is 2.25. The number of anilines is 1. The zero-order valence-electron chi connectivity index (χ0n) is 15.0. The van der Waals surface area contributed by atoms with Crippen molar-refractivity contribution in [1.29, 1.82) is 5.26 Å². The summed E-state index contributed by atoms with van der Waals surface area (Å²) in [5.74, 6) is -0.567. The second-order valence-corrected chi connectivity index (χ2v) is 6.50. The van der Waals surface area contributed by atoms with Crippen LogP contribution in [0.15, 0.2) is 30.3 Å². The molecule has 0 radical (unpaired) electrons. The van der Waals surface area contributed by atoms with Crippen LogP contribution in [0, 0.1) is 31.0 Å². The summed E-state index contributed by atoms with van der Waals surface area (Å²) in [5.41, 5.74) is 3.41. The van der Waals surface area contributed by atoms with Gasteiger partial charge in [-0.1, -0.05) is 6.07 Å². The Kier molecular flexibility index (Phi) is 5.17. The predicted molar refractivity (Wildman–Crippen MR) is 97.6 cm³/mol. The summed E-state index contributed by atoms with van der Waals surface area (Å²) in [5, 5.41) is 9.49. The lowest BCUT2D eigenvalue weighted by Gasteiger charge is -2.25. The van der Waals surface area contributed by atoms with Crippen LogP contribution in [-0.4, -0.2) is 42.0 Å². The summed E-state index contributed by atoms with van der Waals surface area (Å²) in [6.07, 6.45) is 0.784. The van der Waals surface area contributed by atoms with Crippen molar-refractivity contribution in [3.05, 3.63) is 58.7 Å². The highest BCUT2D eigenvalue weighted by Gasteiger charge is 2.23. The van der Waals surface area contributed by atoms with Crippen LogP contribution in [0.4, 0.5) is 10.1 Å². The molecule has 2 aromatic rings. The summed E-state index contributed by atoms with van der Waals surface area (Å²) >= 11 is 0. The second-order valence-electron chi connectivity index (χ2n) is 6.50. The van der Waals surface area contributed by atoms with E-state index in [9.17, 15) is 14.4 Å². The van der Waals surface area contributed by atoms with Gasteiger partial charge >= 0.3 is 0 Å². The van der Waals surface area contributed by atoms with E-state index in [1.165, 1.54) is 12.1 Å². The fourth-order valence-corrected chi connectivity index (χ4v) is 3.36. The zero-order chi connectivity index (χ0) is 18.7. The summed E-state index contributed by atoms with van der Waals surface area (Å²) in [6.45, 7) is 6.27. The molecule has 0 saturated carbocycles. The van der Waals surface area contributed by atoms with E-state index in [0.29, 0.717) is 30.8 Å². The first-order valence-corrected chi connectivity index (χ1v) is 8.67. The Hall–Kier alpha value is -2.94. The maximum absolute atomic E-state index is 13.4. The van der Waals surface area contributed by atoms with E-state index >= 15 is 0 Å². The molecule has 1 saturated heterocycles. The van der Waals surface area contributed by atoms with Gasteiger partial charge in [0.15, 0.2) is 0 Å². The Bertz CT molecular complexity index is 875. The van der Waals surface area contributed by atoms with Crippen molar-refractivity contribution in [2.75, 3.05) is 31.1 Å². The van der Waals surface area contributed by atoms with Crippen molar-refractivity contribution in [1.82, 2.24) is 9.88 Å². The first-order valence-electron chi connectivity index (χ1n) is 8.67. The van der Waals surface area contributed by atoms with Crippen LogP contribution in [0.3, 0.4) is 0 Å². The molecule has 1 amide bonds. The minimum atomic E-state index is -0.409. The first-order chi connectivity index (χ1) is 12.5. The van der Waals surface area contributed by atoms with Gasteiger partial charge in [0, 0.05) is 37.4 Å². The van der Waals surface area contributed by atoms with Gasteiger partial charge in [0.25, 0.3) is 5.91 Å². The van der Waals surface area contributed by atoms with Gasteiger partial charge in [-0.2, -0.15) is 5.26 Å². The lowest BCUT2D eigenvalue weighted by molar-refractivity contribution is 0.0766. The monoisotopic (exact) mass is 352 g/mol. The smallest absolute Gasteiger partial charge is 0.254 e. The van der Waals surface area contributed by atoms with Crippen molar-refractivity contribution in [3.63, 3.8) is 0 Å². The maximum Gasteiger partial charge on any atom is 0.254 e. The van der Waals surface area contributed by atoms with Crippen molar-refractivity contribution in [3.8, 4) is 6.07 Å². The van der Waals surface area contributed by atoms with Gasteiger partial charge in [0.2, 0.25) is 0 Å². The number of nitrogens with zero attached hydrogens (tertiary/aromatic N) is 4. The number of aromatic nitrogens is 1. The Labute approximate surface area is 152 Å². The van der Waals surface area contributed by atoms with Gasteiger partial charge in [-0.15, -0.1) is 0 Å². The number of hydrogen-bond acceptors (Lipinski definition) is 4. The Morgan fingerprint density at radius 1 is 1.19 bits per heavy atom. The van der Waals surface area contributed by atoms with Crippen molar-refractivity contribution >= 4 is 11.6 Å². The van der Waals surface area contributed by atoms with Gasteiger partial charge in [0.05, 0.1) is 16.9 Å². The van der Waals surface area contributed by atoms with E-state index in [1.807, 2.05) is 19.9 Å². The van der Waals surface area contributed by atoms with Gasteiger partial charge in [-0.05, 0) is 44.5 Å².